The fraction of sp³-hybridized carbons (Fsp3) is 0.455. The highest BCUT2D eigenvalue weighted by molar-refractivity contribution is 9.10. The van der Waals surface area contributed by atoms with Crippen molar-refractivity contribution < 1.29 is 8.42 Å². The number of rotatable bonds is 2. The van der Waals surface area contributed by atoms with Crippen LogP contribution in [0, 0.1) is 0 Å². The van der Waals surface area contributed by atoms with Crippen molar-refractivity contribution in [1.29, 1.82) is 0 Å². The first-order chi connectivity index (χ1) is 7.57. The second-order valence-electron chi connectivity index (χ2n) is 4.02. The fourth-order valence-corrected chi connectivity index (χ4v) is 3.46. The molecule has 0 bridgehead atoms. The lowest BCUT2D eigenvalue weighted by molar-refractivity contribution is 0.287. The molecular weight excluding hydrogens is 290 g/mol. The third kappa shape index (κ3) is 3.06. The second kappa shape index (κ2) is 4.85. The second-order valence-corrected chi connectivity index (χ2v) is 7.18. The van der Waals surface area contributed by atoms with Gasteiger partial charge in [-0.05, 0) is 11.6 Å². The maximum Gasteiger partial charge on any atom is 0.152 e. The largest absolute Gasteiger partial charge is 0.297 e. The van der Waals surface area contributed by atoms with Gasteiger partial charge in [-0.25, -0.2) is 8.42 Å². The lowest BCUT2D eigenvalue weighted by atomic mass is 10.2. The fourth-order valence-electron chi connectivity index (χ4n) is 1.78. The highest BCUT2D eigenvalue weighted by Crippen LogP contribution is 2.18. The molecule has 3 nitrogen and oxygen atoms in total. The monoisotopic (exact) mass is 303 g/mol. The summed E-state index contributed by atoms with van der Waals surface area (Å²) in [5.41, 5.74) is 1.21. The van der Waals surface area contributed by atoms with E-state index in [1.807, 2.05) is 18.2 Å². The van der Waals surface area contributed by atoms with Crippen LogP contribution >= 0.6 is 15.9 Å². The summed E-state index contributed by atoms with van der Waals surface area (Å²) in [5.74, 6) is 0.578. The molecule has 5 heteroatoms. The molecule has 0 aromatic heterocycles. The maximum absolute atomic E-state index is 11.3. The van der Waals surface area contributed by atoms with Gasteiger partial charge in [0, 0.05) is 24.1 Å². The number of nitrogens with zero attached hydrogens (tertiary/aromatic N) is 1. The van der Waals surface area contributed by atoms with Gasteiger partial charge in [-0.2, -0.15) is 0 Å². The zero-order valence-electron chi connectivity index (χ0n) is 8.89. The molecule has 1 aromatic carbocycles. The van der Waals surface area contributed by atoms with Crippen LogP contribution in [0.15, 0.2) is 28.7 Å². The first-order valence-electron chi connectivity index (χ1n) is 5.23. The summed E-state index contributed by atoms with van der Waals surface area (Å²) >= 11 is 3.50. The van der Waals surface area contributed by atoms with E-state index in [1.54, 1.807) is 0 Å². The van der Waals surface area contributed by atoms with E-state index < -0.39 is 9.84 Å². The Hall–Kier alpha value is -0.390. The first-order valence-corrected chi connectivity index (χ1v) is 7.84. The number of benzene rings is 1. The molecule has 1 saturated heterocycles. The molecule has 0 spiro atoms. The zero-order valence-corrected chi connectivity index (χ0v) is 11.3. The van der Waals surface area contributed by atoms with Gasteiger partial charge in [0.2, 0.25) is 0 Å². The molecule has 1 aliphatic rings. The molecule has 0 aliphatic carbocycles. The van der Waals surface area contributed by atoms with Gasteiger partial charge in [-0.3, -0.25) is 4.90 Å². The maximum atomic E-state index is 11.3. The Morgan fingerprint density at radius 2 is 1.81 bits per heavy atom. The molecule has 0 unspecified atom stereocenters. The molecule has 0 radical (unpaired) electrons. The minimum Gasteiger partial charge on any atom is -0.297 e. The Kier molecular flexibility index (Phi) is 3.66. The van der Waals surface area contributed by atoms with Crippen molar-refractivity contribution >= 4 is 25.8 Å². The predicted molar refractivity (Wildman–Crippen MR) is 68.1 cm³/mol. The van der Waals surface area contributed by atoms with Crippen LogP contribution in [0.1, 0.15) is 5.56 Å². The summed E-state index contributed by atoms with van der Waals surface area (Å²) in [6.45, 7) is 2.10. The van der Waals surface area contributed by atoms with E-state index in [4.69, 9.17) is 0 Å². The van der Waals surface area contributed by atoms with E-state index in [1.165, 1.54) is 5.56 Å². The van der Waals surface area contributed by atoms with Gasteiger partial charge >= 0.3 is 0 Å². The van der Waals surface area contributed by atoms with Gasteiger partial charge in [0.25, 0.3) is 0 Å². The van der Waals surface area contributed by atoms with Crippen LogP contribution in [0.3, 0.4) is 0 Å². The molecule has 0 saturated carbocycles. The molecule has 1 heterocycles. The van der Waals surface area contributed by atoms with Crippen molar-refractivity contribution in [2.75, 3.05) is 24.6 Å². The van der Waals surface area contributed by atoms with E-state index in [-0.39, 0.29) is 11.5 Å². The Labute approximate surface area is 105 Å². The molecule has 1 aliphatic heterocycles. The van der Waals surface area contributed by atoms with Gasteiger partial charge in [-0.15, -0.1) is 0 Å². The van der Waals surface area contributed by atoms with Crippen LogP contribution in [0.25, 0.3) is 0 Å². The third-order valence-electron chi connectivity index (χ3n) is 2.79. The standard InChI is InChI=1S/C11H14BrNO2S/c12-11-4-2-1-3-10(11)9-13-5-7-16(14,15)8-6-13/h1-4H,5-9H2. The van der Waals surface area contributed by atoms with Crippen LogP contribution in [0.4, 0.5) is 0 Å². The van der Waals surface area contributed by atoms with Gasteiger partial charge < -0.3 is 0 Å². The highest BCUT2D eigenvalue weighted by Gasteiger charge is 2.21. The van der Waals surface area contributed by atoms with E-state index in [0.29, 0.717) is 13.1 Å². The van der Waals surface area contributed by atoms with Crippen molar-refractivity contribution in [3.05, 3.63) is 34.3 Å². The van der Waals surface area contributed by atoms with Crippen molar-refractivity contribution in [3.63, 3.8) is 0 Å². The summed E-state index contributed by atoms with van der Waals surface area (Å²) in [4.78, 5) is 2.18. The van der Waals surface area contributed by atoms with Crippen molar-refractivity contribution in [2.45, 2.75) is 6.54 Å². The molecule has 16 heavy (non-hydrogen) atoms. The molecule has 0 N–H and O–H groups in total. The van der Waals surface area contributed by atoms with Gasteiger partial charge in [-0.1, -0.05) is 34.1 Å². The normalized spacial score (nSPS) is 20.8. The van der Waals surface area contributed by atoms with Gasteiger partial charge in [0.1, 0.15) is 0 Å². The Balaban J connectivity index is 2.00. The van der Waals surface area contributed by atoms with Gasteiger partial charge in [0.15, 0.2) is 9.84 Å². The molecular formula is C11H14BrNO2S. The van der Waals surface area contributed by atoms with Crippen LogP contribution < -0.4 is 0 Å². The minimum atomic E-state index is -2.77. The highest BCUT2D eigenvalue weighted by atomic mass is 79.9. The average molecular weight is 304 g/mol. The quantitative estimate of drug-likeness (QED) is 0.834. The van der Waals surface area contributed by atoms with Gasteiger partial charge in [0.05, 0.1) is 11.5 Å². The van der Waals surface area contributed by atoms with Crippen LogP contribution in [0.2, 0.25) is 0 Å². The number of hydrogen-bond donors (Lipinski definition) is 0. The minimum absolute atomic E-state index is 0.289. The van der Waals surface area contributed by atoms with E-state index >= 15 is 0 Å². The first kappa shape index (κ1) is 12.1. The summed E-state index contributed by atoms with van der Waals surface area (Å²) in [6.07, 6.45) is 0. The predicted octanol–water partition coefficient (Wildman–Crippen LogP) is 1.68. The third-order valence-corrected chi connectivity index (χ3v) is 5.17. The lowest BCUT2D eigenvalue weighted by Gasteiger charge is -2.26. The summed E-state index contributed by atoms with van der Waals surface area (Å²) in [5, 5.41) is 0. The number of hydrogen-bond acceptors (Lipinski definition) is 3. The van der Waals surface area contributed by atoms with E-state index in [2.05, 4.69) is 26.9 Å². The molecule has 2 rings (SSSR count). The SMILES string of the molecule is O=S1(=O)CCN(Cc2ccccc2Br)CC1. The number of halogens is 1. The van der Waals surface area contributed by atoms with Crippen LogP contribution in [-0.4, -0.2) is 37.9 Å². The number of sulfone groups is 1. The average Bonchev–Trinajstić information content (AvgIpc) is 2.24. The smallest absolute Gasteiger partial charge is 0.152 e. The Bertz CT molecular complexity index is 459. The Morgan fingerprint density at radius 1 is 1.19 bits per heavy atom. The van der Waals surface area contributed by atoms with E-state index in [0.717, 1.165) is 11.0 Å². The molecule has 0 amide bonds. The lowest BCUT2D eigenvalue weighted by Crippen LogP contribution is -2.39. The molecule has 1 fully saturated rings. The van der Waals surface area contributed by atoms with Crippen LogP contribution in [-0.2, 0) is 16.4 Å². The summed E-state index contributed by atoms with van der Waals surface area (Å²) < 4.78 is 23.6. The molecule has 1 aromatic rings. The summed E-state index contributed by atoms with van der Waals surface area (Å²) in [6, 6.07) is 8.05. The summed E-state index contributed by atoms with van der Waals surface area (Å²) in [7, 11) is -2.77. The van der Waals surface area contributed by atoms with Crippen molar-refractivity contribution in [3.8, 4) is 0 Å². The van der Waals surface area contributed by atoms with Crippen molar-refractivity contribution in [2.24, 2.45) is 0 Å². The zero-order chi connectivity index (χ0) is 11.6. The van der Waals surface area contributed by atoms with Crippen molar-refractivity contribution in [1.82, 2.24) is 4.90 Å². The molecule has 88 valence electrons. The molecule has 0 atom stereocenters. The van der Waals surface area contributed by atoms with E-state index in [9.17, 15) is 8.42 Å². The van der Waals surface area contributed by atoms with Crippen LogP contribution in [0.5, 0.6) is 0 Å². The topological polar surface area (TPSA) is 37.4 Å². The Morgan fingerprint density at radius 3 is 2.44 bits per heavy atom.